The van der Waals surface area contributed by atoms with Crippen LogP contribution < -0.4 is 5.32 Å². The average Bonchev–Trinajstić information content (AvgIpc) is 2.65. The monoisotopic (exact) mass is 282 g/mol. The van der Waals surface area contributed by atoms with Gasteiger partial charge in [-0.2, -0.15) is 0 Å². The van der Waals surface area contributed by atoms with Gasteiger partial charge >= 0.3 is 0 Å². The summed E-state index contributed by atoms with van der Waals surface area (Å²) >= 11 is 0. The molecule has 0 spiro atoms. The molecule has 0 atom stereocenters. The van der Waals surface area contributed by atoms with Gasteiger partial charge in [-0.25, -0.2) is 0 Å². The van der Waals surface area contributed by atoms with E-state index in [-0.39, 0.29) is 0 Å². The van der Waals surface area contributed by atoms with Gasteiger partial charge in [-0.15, -0.1) is 0 Å². The summed E-state index contributed by atoms with van der Waals surface area (Å²) in [4.78, 5) is 2.72. The van der Waals surface area contributed by atoms with Crippen LogP contribution in [0.4, 0.5) is 0 Å². The lowest BCUT2D eigenvalue weighted by atomic mass is 9.92. The molecule has 20 heavy (non-hydrogen) atoms. The maximum absolute atomic E-state index is 3.81. The predicted octanol–water partition coefficient (Wildman–Crippen LogP) is 4.45. The first kappa shape index (κ1) is 18.0. The second-order valence-corrected chi connectivity index (χ2v) is 7.14. The fourth-order valence-corrected chi connectivity index (χ4v) is 3.38. The van der Waals surface area contributed by atoms with Crippen LogP contribution in [0, 0.1) is 5.92 Å². The summed E-state index contributed by atoms with van der Waals surface area (Å²) in [5, 5.41) is 3.81. The van der Waals surface area contributed by atoms with Crippen molar-refractivity contribution in [2.24, 2.45) is 5.92 Å². The minimum absolute atomic E-state index is 0.383. The normalized spacial score (nSPS) is 20.2. The number of hydrogen-bond acceptors (Lipinski definition) is 2. The Balaban J connectivity index is 2.21. The number of rotatable bonds is 9. The van der Waals surface area contributed by atoms with E-state index in [2.05, 4.69) is 37.9 Å². The Hall–Kier alpha value is -0.0800. The molecule has 0 aliphatic carbocycles. The lowest BCUT2D eigenvalue weighted by Gasteiger charge is -2.35. The Labute approximate surface area is 127 Å². The molecule has 1 aliphatic heterocycles. The standard InChI is InChI=1S/C18H38N2/c1-5-18(6-2)16-20(15-11-13-19-18)14-10-8-7-9-12-17(3)4/h17,19H,5-16H2,1-4H3. The maximum Gasteiger partial charge on any atom is 0.0303 e. The van der Waals surface area contributed by atoms with Crippen LogP contribution in [0.1, 0.15) is 79.1 Å². The molecule has 1 saturated heterocycles. The van der Waals surface area contributed by atoms with E-state index in [1.807, 2.05) is 0 Å². The zero-order valence-corrected chi connectivity index (χ0v) is 14.5. The van der Waals surface area contributed by atoms with E-state index in [0.717, 1.165) is 5.92 Å². The van der Waals surface area contributed by atoms with Gasteiger partial charge in [0.25, 0.3) is 0 Å². The molecule has 0 radical (unpaired) electrons. The van der Waals surface area contributed by atoms with E-state index in [1.165, 1.54) is 77.5 Å². The topological polar surface area (TPSA) is 15.3 Å². The highest BCUT2D eigenvalue weighted by molar-refractivity contribution is 4.91. The van der Waals surface area contributed by atoms with Gasteiger partial charge in [0.05, 0.1) is 0 Å². The van der Waals surface area contributed by atoms with Crippen molar-refractivity contribution in [3.63, 3.8) is 0 Å². The molecule has 1 heterocycles. The lowest BCUT2D eigenvalue weighted by molar-refractivity contribution is 0.194. The van der Waals surface area contributed by atoms with Crippen LogP contribution in [0.5, 0.6) is 0 Å². The van der Waals surface area contributed by atoms with Gasteiger partial charge in [-0.1, -0.05) is 53.4 Å². The predicted molar refractivity (Wildman–Crippen MR) is 90.3 cm³/mol. The van der Waals surface area contributed by atoms with E-state index >= 15 is 0 Å². The van der Waals surface area contributed by atoms with Crippen LogP contribution in [-0.4, -0.2) is 36.6 Å². The van der Waals surface area contributed by atoms with Gasteiger partial charge in [0.1, 0.15) is 0 Å². The van der Waals surface area contributed by atoms with Gasteiger partial charge in [-0.3, -0.25) is 0 Å². The first-order chi connectivity index (χ1) is 9.62. The van der Waals surface area contributed by atoms with Gasteiger partial charge < -0.3 is 10.2 Å². The van der Waals surface area contributed by atoms with Crippen LogP contribution in [0.15, 0.2) is 0 Å². The molecule has 120 valence electrons. The largest absolute Gasteiger partial charge is 0.310 e. The molecule has 1 N–H and O–H groups in total. The molecule has 0 unspecified atom stereocenters. The molecule has 0 aromatic rings. The lowest BCUT2D eigenvalue weighted by Crippen LogP contribution is -2.50. The molecule has 1 fully saturated rings. The van der Waals surface area contributed by atoms with Crippen LogP contribution in [0.2, 0.25) is 0 Å². The van der Waals surface area contributed by atoms with E-state index in [0.29, 0.717) is 5.54 Å². The highest BCUT2D eigenvalue weighted by Crippen LogP contribution is 2.20. The Morgan fingerprint density at radius 3 is 2.40 bits per heavy atom. The van der Waals surface area contributed by atoms with Crippen LogP contribution in [0.3, 0.4) is 0 Å². The summed E-state index contributed by atoms with van der Waals surface area (Å²) < 4.78 is 0. The summed E-state index contributed by atoms with van der Waals surface area (Å²) in [5.41, 5.74) is 0.383. The fraction of sp³-hybridized carbons (Fsp3) is 1.00. The second-order valence-electron chi connectivity index (χ2n) is 7.14. The number of nitrogens with zero attached hydrogens (tertiary/aromatic N) is 1. The van der Waals surface area contributed by atoms with Crippen molar-refractivity contribution >= 4 is 0 Å². The quantitative estimate of drug-likeness (QED) is 0.629. The van der Waals surface area contributed by atoms with Gasteiger partial charge in [0.2, 0.25) is 0 Å². The summed E-state index contributed by atoms with van der Waals surface area (Å²) in [6.07, 6.45) is 10.9. The molecule has 0 bridgehead atoms. The van der Waals surface area contributed by atoms with Gasteiger partial charge in [0, 0.05) is 12.1 Å². The van der Waals surface area contributed by atoms with Gasteiger partial charge in [-0.05, 0) is 51.2 Å². The molecule has 0 aromatic carbocycles. The molecule has 0 aromatic heterocycles. The molecule has 1 rings (SSSR count). The Kier molecular flexibility index (Phi) is 8.79. The van der Waals surface area contributed by atoms with Crippen LogP contribution >= 0.6 is 0 Å². The maximum atomic E-state index is 3.81. The van der Waals surface area contributed by atoms with E-state index in [9.17, 15) is 0 Å². The van der Waals surface area contributed by atoms with Crippen molar-refractivity contribution in [2.45, 2.75) is 84.6 Å². The highest BCUT2D eigenvalue weighted by Gasteiger charge is 2.29. The smallest absolute Gasteiger partial charge is 0.0303 e. The number of hydrogen-bond donors (Lipinski definition) is 1. The third-order valence-electron chi connectivity index (χ3n) is 5.04. The molecule has 2 heteroatoms. The first-order valence-electron chi connectivity index (χ1n) is 9.09. The van der Waals surface area contributed by atoms with E-state index < -0.39 is 0 Å². The van der Waals surface area contributed by atoms with Crippen molar-refractivity contribution in [1.29, 1.82) is 0 Å². The summed E-state index contributed by atoms with van der Waals surface area (Å²) in [5.74, 6) is 0.876. The van der Waals surface area contributed by atoms with E-state index in [4.69, 9.17) is 0 Å². The molecular weight excluding hydrogens is 244 g/mol. The Morgan fingerprint density at radius 1 is 1.05 bits per heavy atom. The summed E-state index contributed by atoms with van der Waals surface area (Å²) in [6, 6.07) is 0. The van der Waals surface area contributed by atoms with Crippen molar-refractivity contribution in [1.82, 2.24) is 10.2 Å². The van der Waals surface area contributed by atoms with Crippen LogP contribution in [0.25, 0.3) is 0 Å². The van der Waals surface area contributed by atoms with Crippen LogP contribution in [-0.2, 0) is 0 Å². The SMILES string of the molecule is CCC1(CC)CN(CCCCCCC(C)C)CCCN1. The van der Waals surface area contributed by atoms with E-state index in [1.54, 1.807) is 0 Å². The Morgan fingerprint density at radius 2 is 1.75 bits per heavy atom. The summed E-state index contributed by atoms with van der Waals surface area (Å²) in [7, 11) is 0. The molecule has 0 amide bonds. The van der Waals surface area contributed by atoms with Crippen molar-refractivity contribution < 1.29 is 0 Å². The number of unbranched alkanes of at least 4 members (excludes halogenated alkanes) is 3. The average molecular weight is 283 g/mol. The highest BCUT2D eigenvalue weighted by atomic mass is 15.2. The fourth-order valence-electron chi connectivity index (χ4n) is 3.38. The van der Waals surface area contributed by atoms with Crippen molar-refractivity contribution in [2.75, 3.05) is 26.2 Å². The second kappa shape index (κ2) is 9.78. The zero-order chi connectivity index (χ0) is 14.8. The number of nitrogens with one attached hydrogen (secondary N) is 1. The summed E-state index contributed by atoms with van der Waals surface area (Å²) in [6.45, 7) is 14.4. The molecule has 1 aliphatic rings. The van der Waals surface area contributed by atoms with Gasteiger partial charge in [0.15, 0.2) is 0 Å². The minimum atomic E-state index is 0.383. The Bertz CT molecular complexity index is 234. The molecular formula is C18H38N2. The van der Waals surface area contributed by atoms with Crippen molar-refractivity contribution in [3.8, 4) is 0 Å². The molecule has 2 nitrogen and oxygen atoms in total. The zero-order valence-electron chi connectivity index (χ0n) is 14.5. The molecule has 0 saturated carbocycles. The third-order valence-corrected chi connectivity index (χ3v) is 5.04. The third kappa shape index (κ3) is 6.58. The van der Waals surface area contributed by atoms with Crippen molar-refractivity contribution in [3.05, 3.63) is 0 Å². The minimum Gasteiger partial charge on any atom is -0.310 e. The first-order valence-corrected chi connectivity index (χ1v) is 9.09.